The zero-order valence-electron chi connectivity index (χ0n) is 12.6. The van der Waals surface area contributed by atoms with Crippen LogP contribution in [-0.4, -0.2) is 26.6 Å². The van der Waals surface area contributed by atoms with Crippen LogP contribution < -0.4 is 4.90 Å². The Morgan fingerprint density at radius 2 is 1.78 bits per heavy atom. The molecule has 0 fully saturated rings. The number of hydrogen-bond donors (Lipinski definition) is 0. The average Bonchev–Trinajstić information content (AvgIpc) is 2.48. The van der Waals surface area contributed by atoms with Gasteiger partial charge in [0.25, 0.3) is 5.69 Å². The molecule has 0 aliphatic rings. The van der Waals surface area contributed by atoms with E-state index in [9.17, 15) is 18.5 Å². The second kappa shape index (κ2) is 6.67. The predicted octanol–water partition coefficient (Wildman–Crippen LogP) is 3.40. The number of hydrogen-bond acceptors (Lipinski definition) is 5. The van der Waals surface area contributed by atoms with E-state index in [0.29, 0.717) is 12.2 Å². The van der Waals surface area contributed by atoms with Gasteiger partial charge in [0.1, 0.15) is 5.69 Å². The molecule has 0 N–H and O–H groups in total. The van der Waals surface area contributed by atoms with Gasteiger partial charge in [0.15, 0.2) is 9.84 Å². The summed E-state index contributed by atoms with van der Waals surface area (Å²) in [7, 11) is -1.77. The van der Waals surface area contributed by atoms with Crippen LogP contribution in [0.5, 0.6) is 0 Å². The third kappa shape index (κ3) is 4.29. The Balaban J connectivity index is 2.37. The molecule has 0 aliphatic heterocycles. The first-order valence-electron chi connectivity index (χ1n) is 6.62. The van der Waals surface area contributed by atoms with Crippen LogP contribution in [0.4, 0.5) is 11.4 Å². The molecule has 122 valence electrons. The van der Waals surface area contributed by atoms with Gasteiger partial charge in [-0.1, -0.05) is 28.1 Å². The molecule has 0 radical (unpaired) electrons. The molecule has 0 saturated carbocycles. The van der Waals surface area contributed by atoms with Gasteiger partial charge < -0.3 is 4.90 Å². The van der Waals surface area contributed by atoms with E-state index < -0.39 is 14.8 Å². The summed E-state index contributed by atoms with van der Waals surface area (Å²) in [5, 5.41) is 11.3. The third-order valence-electron chi connectivity index (χ3n) is 3.32. The Hall–Kier alpha value is -1.93. The summed E-state index contributed by atoms with van der Waals surface area (Å²) >= 11 is 3.35. The summed E-state index contributed by atoms with van der Waals surface area (Å²) in [6, 6.07) is 11.6. The number of benzene rings is 2. The zero-order chi connectivity index (χ0) is 17.2. The van der Waals surface area contributed by atoms with Crippen molar-refractivity contribution in [3.63, 3.8) is 0 Å². The van der Waals surface area contributed by atoms with Gasteiger partial charge in [-0.25, -0.2) is 8.42 Å². The maximum absolute atomic E-state index is 11.6. The molecule has 23 heavy (non-hydrogen) atoms. The molecule has 0 amide bonds. The molecular formula is C15H15BrN2O4S. The fourth-order valence-corrected chi connectivity index (χ4v) is 3.06. The van der Waals surface area contributed by atoms with Crippen molar-refractivity contribution in [1.29, 1.82) is 0 Å². The largest absolute Gasteiger partial charge is 0.365 e. The molecule has 0 aromatic heterocycles. The maximum atomic E-state index is 11.6. The van der Waals surface area contributed by atoms with Crippen LogP contribution in [0.2, 0.25) is 0 Å². The minimum Gasteiger partial charge on any atom is -0.365 e. The van der Waals surface area contributed by atoms with Crippen molar-refractivity contribution in [1.82, 2.24) is 0 Å². The highest BCUT2D eigenvalue weighted by atomic mass is 79.9. The van der Waals surface area contributed by atoms with Crippen LogP contribution in [0.15, 0.2) is 51.8 Å². The first-order valence-corrected chi connectivity index (χ1v) is 9.31. The van der Waals surface area contributed by atoms with E-state index in [1.54, 1.807) is 11.9 Å². The molecule has 2 rings (SSSR count). The minimum absolute atomic E-state index is 0.0648. The molecule has 0 heterocycles. The van der Waals surface area contributed by atoms with Gasteiger partial charge in [0.2, 0.25) is 0 Å². The number of nitro benzene ring substituents is 1. The quantitative estimate of drug-likeness (QED) is 0.569. The topological polar surface area (TPSA) is 80.5 Å². The van der Waals surface area contributed by atoms with Crippen LogP contribution in [-0.2, 0) is 16.4 Å². The number of halogens is 1. The molecule has 0 bridgehead atoms. The molecule has 0 aliphatic carbocycles. The van der Waals surface area contributed by atoms with Crippen molar-refractivity contribution in [3.8, 4) is 0 Å². The van der Waals surface area contributed by atoms with Crippen molar-refractivity contribution in [3.05, 3.63) is 62.6 Å². The highest BCUT2D eigenvalue weighted by molar-refractivity contribution is 9.10. The van der Waals surface area contributed by atoms with Gasteiger partial charge in [-0.3, -0.25) is 10.1 Å². The van der Waals surface area contributed by atoms with Gasteiger partial charge in [-0.2, -0.15) is 0 Å². The lowest BCUT2D eigenvalue weighted by molar-refractivity contribution is -0.384. The average molecular weight is 399 g/mol. The van der Waals surface area contributed by atoms with Crippen molar-refractivity contribution in [2.45, 2.75) is 11.4 Å². The van der Waals surface area contributed by atoms with Gasteiger partial charge >= 0.3 is 0 Å². The van der Waals surface area contributed by atoms with Crippen molar-refractivity contribution < 1.29 is 13.3 Å². The van der Waals surface area contributed by atoms with Gasteiger partial charge in [0, 0.05) is 30.4 Å². The molecule has 0 unspecified atom stereocenters. The lowest BCUT2D eigenvalue weighted by atomic mass is 10.2. The second-order valence-corrected chi connectivity index (χ2v) is 8.09. The number of nitro groups is 1. The molecule has 8 heteroatoms. The molecule has 0 saturated heterocycles. The van der Waals surface area contributed by atoms with E-state index in [0.717, 1.165) is 22.4 Å². The van der Waals surface area contributed by atoms with Crippen molar-refractivity contribution in [2.75, 3.05) is 18.2 Å². The monoisotopic (exact) mass is 398 g/mol. The first-order chi connectivity index (χ1) is 10.7. The Labute approximate surface area is 142 Å². The van der Waals surface area contributed by atoms with Crippen LogP contribution in [0.3, 0.4) is 0 Å². The van der Waals surface area contributed by atoms with E-state index in [4.69, 9.17) is 0 Å². The molecule has 0 atom stereocenters. The summed E-state index contributed by atoms with van der Waals surface area (Å²) in [6.07, 6.45) is 1.03. The summed E-state index contributed by atoms with van der Waals surface area (Å²) in [5.41, 5.74) is 1.12. The predicted molar refractivity (Wildman–Crippen MR) is 92.5 cm³/mol. The molecule has 2 aromatic rings. The SMILES string of the molecule is CN(Cc1ccc(Br)cc1)c1ccc(S(C)(=O)=O)cc1[N+](=O)[O-]. The lowest BCUT2D eigenvalue weighted by Gasteiger charge is -2.19. The molecule has 6 nitrogen and oxygen atoms in total. The Morgan fingerprint density at radius 1 is 1.17 bits per heavy atom. The number of anilines is 1. The Morgan fingerprint density at radius 3 is 2.30 bits per heavy atom. The van der Waals surface area contributed by atoms with E-state index in [-0.39, 0.29) is 10.6 Å². The van der Waals surface area contributed by atoms with E-state index in [1.165, 1.54) is 12.1 Å². The number of nitrogens with zero attached hydrogens (tertiary/aromatic N) is 2. The van der Waals surface area contributed by atoms with Crippen molar-refractivity contribution >= 4 is 37.1 Å². The number of rotatable bonds is 5. The third-order valence-corrected chi connectivity index (χ3v) is 4.95. The van der Waals surface area contributed by atoms with Gasteiger partial charge in [0.05, 0.1) is 9.82 Å². The van der Waals surface area contributed by atoms with Crippen LogP contribution in [0.1, 0.15) is 5.56 Å². The van der Waals surface area contributed by atoms with E-state index >= 15 is 0 Å². The smallest absolute Gasteiger partial charge is 0.293 e. The summed E-state index contributed by atoms with van der Waals surface area (Å²) in [5.74, 6) is 0. The van der Waals surface area contributed by atoms with Gasteiger partial charge in [-0.15, -0.1) is 0 Å². The highest BCUT2D eigenvalue weighted by Gasteiger charge is 2.21. The summed E-state index contributed by atoms with van der Waals surface area (Å²) < 4.78 is 24.1. The summed E-state index contributed by atoms with van der Waals surface area (Å²) in [4.78, 5) is 12.4. The molecule has 2 aromatic carbocycles. The van der Waals surface area contributed by atoms with Crippen molar-refractivity contribution in [2.24, 2.45) is 0 Å². The van der Waals surface area contributed by atoms with Gasteiger partial charge in [-0.05, 0) is 29.8 Å². The fraction of sp³-hybridized carbons (Fsp3) is 0.200. The standard InChI is InChI=1S/C15H15BrN2O4S/c1-17(10-11-3-5-12(16)6-4-11)14-8-7-13(23(2,21)22)9-15(14)18(19)20/h3-9H,10H2,1-2H3. The normalized spacial score (nSPS) is 11.3. The summed E-state index contributed by atoms with van der Waals surface area (Å²) in [6.45, 7) is 0.465. The minimum atomic E-state index is -3.49. The molecule has 0 spiro atoms. The highest BCUT2D eigenvalue weighted by Crippen LogP contribution is 2.31. The first kappa shape index (κ1) is 17.4. The van der Waals surface area contributed by atoms with Crippen LogP contribution in [0.25, 0.3) is 0 Å². The Kier molecular flexibility index (Phi) is 5.06. The lowest BCUT2D eigenvalue weighted by Crippen LogP contribution is -2.18. The van der Waals surface area contributed by atoms with Crippen LogP contribution >= 0.6 is 15.9 Å². The van der Waals surface area contributed by atoms with E-state index in [1.807, 2.05) is 24.3 Å². The second-order valence-electron chi connectivity index (χ2n) is 5.16. The molecular weight excluding hydrogens is 384 g/mol. The maximum Gasteiger partial charge on any atom is 0.293 e. The fourth-order valence-electron chi connectivity index (χ4n) is 2.15. The number of sulfone groups is 1. The van der Waals surface area contributed by atoms with E-state index in [2.05, 4.69) is 15.9 Å². The van der Waals surface area contributed by atoms with Crippen LogP contribution in [0, 0.1) is 10.1 Å². The Bertz CT molecular complexity index is 835. The zero-order valence-corrected chi connectivity index (χ0v) is 15.0.